The van der Waals surface area contributed by atoms with Crippen LogP contribution in [0.5, 0.6) is 11.5 Å². The summed E-state index contributed by atoms with van der Waals surface area (Å²) in [7, 11) is 0. The molecule has 0 saturated carbocycles. The summed E-state index contributed by atoms with van der Waals surface area (Å²) in [6, 6.07) is 44.3. The normalized spacial score (nSPS) is 10.9. The molecule has 0 fully saturated rings. The zero-order valence-corrected chi connectivity index (χ0v) is 33.9. The van der Waals surface area contributed by atoms with Gasteiger partial charge in [0, 0.05) is 28.0 Å². The Hall–Kier alpha value is -7.96. The molecule has 7 aromatic rings. The molecule has 306 valence electrons. The fourth-order valence-electron chi connectivity index (χ4n) is 7.12. The predicted molar refractivity (Wildman–Crippen MR) is 242 cm³/mol. The number of carbonyl (C=O) groups excluding carboxylic acids is 2. The van der Waals surface area contributed by atoms with Gasteiger partial charge in [0.2, 0.25) is 0 Å². The fourth-order valence-corrected chi connectivity index (χ4v) is 7.12. The van der Waals surface area contributed by atoms with E-state index in [0.29, 0.717) is 17.7 Å². The third-order valence-corrected chi connectivity index (χ3v) is 10.3. The minimum Gasteiger partial charge on any atom is -0.502 e. The lowest BCUT2D eigenvalue weighted by Crippen LogP contribution is -2.09. The highest BCUT2D eigenvalue weighted by Gasteiger charge is 2.17. The Balaban J connectivity index is 1.18. The Kier molecular flexibility index (Phi) is 13.8. The largest absolute Gasteiger partial charge is 0.502 e. The predicted octanol–water partition coefficient (Wildman–Crippen LogP) is 11.8. The van der Waals surface area contributed by atoms with Crippen molar-refractivity contribution in [1.29, 1.82) is 5.26 Å². The molecule has 0 aliphatic rings. The van der Waals surface area contributed by atoms with Crippen LogP contribution in [0.15, 0.2) is 175 Å². The first-order valence-corrected chi connectivity index (χ1v) is 20.2. The van der Waals surface area contributed by atoms with Crippen molar-refractivity contribution in [1.82, 2.24) is 0 Å². The molecule has 0 aliphatic carbocycles. The van der Waals surface area contributed by atoms with E-state index in [1.54, 1.807) is 30.5 Å². The highest BCUT2D eigenvalue weighted by atomic mass is 19.1. The topological polar surface area (TPSA) is 110 Å². The molecule has 0 aromatic heterocycles. The monoisotopic (exact) mass is 819 g/mol. The summed E-state index contributed by atoms with van der Waals surface area (Å²) in [6.45, 7) is 7.65. The second-order valence-corrected chi connectivity index (χ2v) is 14.4. The van der Waals surface area contributed by atoms with Crippen LogP contribution in [0.3, 0.4) is 0 Å². The van der Waals surface area contributed by atoms with E-state index >= 15 is 4.39 Å². The van der Waals surface area contributed by atoms with Gasteiger partial charge >= 0.3 is 11.9 Å². The van der Waals surface area contributed by atoms with Gasteiger partial charge in [-0.15, -0.1) is 5.10 Å². The number of halogens is 1. The van der Waals surface area contributed by atoms with Crippen LogP contribution in [0, 0.1) is 17.1 Å². The lowest BCUT2D eigenvalue weighted by atomic mass is 9.96. The highest BCUT2D eigenvalue weighted by Crippen LogP contribution is 2.32. The molecule has 9 heteroatoms. The van der Waals surface area contributed by atoms with E-state index in [-0.39, 0.29) is 28.2 Å². The van der Waals surface area contributed by atoms with Crippen LogP contribution in [0.25, 0.3) is 43.8 Å². The fraction of sp³-hybridized carbons (Fsp3) is 0.113. The van der Waals surface area contributed by atoms with Crippen molar-refractivity contribution in [2.45, 2.75) is 32.1 Å². The van der Waals surface area contributed by atoms with Gasteiger partial charge in [0.25, 0.3) is 0 Å². The Bertz CT molecular complexity index is 2870. The molecule has 62 heavy (non-hydrogen) atoms. The molecule has 0 amide bonds. The number of nitriles is 1. The van der Waals surface area contributed by atoms with E-state index in [4.69, 9.17) is 19.3 Å². The number of rotatable bonds is 16. The molecule has 0 saturated heterocycles. The molecule has 0 bridgehead atoms. The van der Waals surface area contributed by atoms with Gasteiger partial charge in [-0.3, -0.25) is 0 Å². The third-order valence-electron chi connectivity index (χ3n) is 10.3. The quantitative estimate of drug-likeness (QED) is 0.0183. The van der Waals surface area contributed by atoms with Gasteiger partial charge in [0.15, 0.2) is 0 Å². The third kappa shape index (κ3) is 10.2. The smallest absolute Gasteiger partial charge is 0.343 e. The lowest BCUT2D eigenvalue weighted by Gasteiger charge is -2.11. The van der Waals surface area contributed by atoms with Crippen LogP contribution in [-0.4, -0.2) is 24.8 Å². The number of nitrogens with zero attached hydrogens (tertiary/aromatic N) is 3. The SMILES string of the molecule is C=COCCCCCCc1ccc(-c2ccc(C(=O)Oc3ccc(-c4cc(OC(=O)C=C)c(C#N)cc4F)cc3)cc2/C=N/N=c2c3ccccc3ccc3ccccc23)cc1. The highest BCUT2D eigenvalue weighted by molar-refractivity contribution is 5.98. The number of hydrogen-bond donors (Lipinski definition) is 0. The zero-order chi connectivity index (χ0) is 43.3. The van der Waals surface area contributed by atoms with Crippen LogP contribution in [-0.2, 0) is 16.0 Å². The molecular formula is C53H42FN3O5. The Labute approximate surface area is 359 Å². The average molecular weight is 820 g/mol. The first-order chi connectivity index (χ1) is 30.3. The second-order valence-electron chi connectivity index (χ2n) is 14.4. The van der Waals surface area contributed by atoms with Gasteiger partial charge in [0.1, 0.15) is 28.7 Å². The van der Waals surface area contributed by atoms with Gasteiger partial charge in [-0.05, 0) is 88.7 Å². The number of aryl methyl sites for hydroxylation is 1. The second kappa shape index (κ2) is 20.3. The molecular weight excluding hydrogens is 778 g/mol. The Morgan fingerprint density at radius 3 is 2.05 bits per heavy atom. The number of benzene rings is 6. The van der Waals surface area contributed by atoms with Crippen LogP contribution >= 0.6 is 0 Å². The maximum Gasteiger partial charge on any atom is 0.343 e. The van der Waals surface area contributed by atoms with Crippen molar-refractivity contribution in [3.05, 3.63) is 198 Å². The van der Waals surface area contributed by atoms with Crippen LogP contribution < -0.4 is 14.8 Å². The zero-order valence-electron chi connectivity index (χ0n) is 33.9. The summed E-state index contributed by atoms with van der Waals surface area (Å²) in [4.78, 5) is 25.5. The van der Waals surface area contributed by atoms with Gasteiger partial charge in [-0.1, -0.05) is 129 Å². The van der Waals surface area contributed by atoms with Gasteiger partial charge in [-0.25, -0.2) is 14.0 Å². The first-order valence-electron chi connectivity index (χ1n) is 20.2. The number of fused-ring (bicyclic) bond motifs is 2. The average Bonchev–Trinajstić information content (AvgIpc) is 3.46. The molecule has 7 rings (SSSR count). The summed E-state index contributed by atoms with van der Waals surface area (Å²) in [5.74, 6) is -1.97. The summed E-state index contributed by atoms with van der Waals surface area (Å²) < 4.78 is 31.3. The number of hydrogen-bond acceptors (Lipinski definition) is 8. The van der Waals surface area contributed by atoms with E-state index < -0.39 is 17.8 Å². The minimum atomic E-state index is -0.785. The van der Waals surface area contributed by atoms with E-state index in [1.165, 1.54) is 30.0 Å². The summed E-state index contributed by atoms with van der Waals surface area (Å²) >= 11 is 0. The standard InChI is InChI=1S/C53H42FN3O5/c1-3-51(58)62-50-33-48(49(54)32-42(50)34-55)40-24-27-44(28-25-40)61-53(59)41-26-29-45(39-20-18-36(19-21-39)13-7-5-6-12-30-60-4-2)43(31-41)35-56-57-52-46-16-10-8-14-37(46)22-23-38-15-9-11-17-47(38)52/h3-4,8-11,14-29,31-33,35H,1-2,5-7,12-13,30H2/b56-35+. The molecule has 0 unspecified atom stereocenters. The summed E-state index contributed by atoms with van der Waals surface area (Å²) in [6.07, 6.45) is 9.35. The van der Waals surface area contributed by atoms with E-state index in [0.717, 1.165) is 82.3 Å². The van der Waals surface area contributed by atoms with Crippen molar-refractivity contribution in [3.63, 3.8) is 0 Å². The van der Waals surface area contributed by atoms with Gasteiger partial charge in [-0.2, -0.15) is 10.4 Å². The van der Waals surface area contributed by atoms with Crippen molar-refractivity contribution < 1.29 is 28.2 Å². The van der Waals surface area contributed by atoms with Gasteiger partial charge in [0.05, 0.1) is 30.2 Å². The van der Waals surface area contributed by atoms with E-state index in [2.05, 4.69) is 54.7 Å². The van der Waals surface area contributed by atoms with Crippen LogP contribution in [0.1, 0.15) is 52.7 Å². The van der Waals surface area contributed by atoms with Crippen molar-refractivity contribution in [2.24, 2.45) is 10.2 Å². The number of esters is 2. The Morgan fingerprint density at radius 1 is 0.710 bits per heavy atom. The van der Waals surface area contributed by atoms with Crippen LogP contribution in [0.2, 0.25) is 0 Å². The summed E-state index contributed by atoms with van der Waals surface area (Å²) in [5.41, 5.74) is 4.33. The number of carbonyl (C=O) groups is 2. The van der Waals surface area contributed by atoms with Crippen molar-refractivity contribution >= 4 is 39.7 Å². The minimum absolute atomic E-state index is 0.0856. The maximum atomic E-state index is 15.1. The van der Waals surface area contributed by atoms with E-state index in [1.807, 2.05) is 60.7 Å². The number of ether oxygens (including phenoxy) is 3. The van der Waals surface area contributed by atoms with E-state index in [9.17, 15) is 14.9 Å². The molecule has 8 nitrogen and oxygen atoms in total. The van der Waals surface area contributed by atoms with Crippen molar-refractivity contribution in [3.8, 4) is 39.8 Å². The molecule has 0 heterocycles. The van der Waals surface area contributed by atoms with Crippen molar-refractivity contribution in [2.75, 3.05) is 6.61 Å². The Morgan fingerprint density at radius 2 is 1.37 bits per heavy atom. The molecule has 0 N–H and O–H groups in total. The first kappa shape index (κ1) is 42.2. The molecule has 7 aromatic carbocycles. The molecule has 0 atom stereocenters. The molecule has 0 aliphatic heterocycles. The summed E-state index contributed by atoms with van der Waals surface area (Å²) in [5, 5.41) is 23.6. The molecule has 0 radical (unpaired) electrons. The van der Waals surface area contributed by atoms with Crippen LogP contribution in [0.4, 0.5) is 4.39 Å². The van der Waals surface area contributed by atoms with Gasteiger partial charge < -0.3 is 14.2 Å². The maximum absolute atomic E-state index is 15.1. The molecule has 0 spiro atoms. The lowest BCUT2D eigenvalue weighted by molar-refractivity contribution is -0.128. The number of unbranched alkanes of at least 4 members (excludes halogenated alkanes) is 3.